The molecule has 8 heteroatoms. The maximum atomic E-state index is 12.8. The van der Waals surface area contributed by atoms with Crippen molar-refractivity contribution in [3.8, 4) is 0 Å². The van der Waals surface area contributed by atoms with Gasteiger partial charge in [-0.15, -0.1) is 0 Å². The van der Waals surface area contributed by atoms with Crippen LogP contribution in [-0.4, -0.2) is 31.1 Å². The highest BCUT2D eigenvalue weighted by Gasteiger charge is 2.43. The quantitative estimate of drug-likeness (QED) is 0.772. The largest absolute Gasteiger partial charge is 0.391 e. The van der Waals surface area contributed by atoms with Crippen LogP contribution in [0.25, 0.3) is 0 Å². The van der Waals surface area contributed by atoms with Gasteiger partial charge in [-0.3, -0.25) is 9.59 Å². The van der Waals surface area contributed by atoms with E-state index in [1.165, 1.54) is 0 Å². The Hall–Kier alpha value is -1.76. The smallest absolute Gasteiger partial charge is 0.354 e. The summed E-state index contributed by atoms with van der Waals surface area (Å²) in [4.78, 5) is 24.0. The van der Waals surface area contributed by atoms with Crippen molar-refractivity contribution >= 4 is 23.4 Å². The van der Waals surface area contributed by atoms with Gasteiger partial charge in [-0.1, -0.05) is 30.2 Å². The molecule has 0 spiro atoms. The summed E-state index contributed by atoms with van der Waals surface area (Å²) in [7, 11) is 0. The molecule has 1 fully saturated rings. The Morgan fingerprint density at radius 2 is 1.80 bits per heavy atom. The third kappa shape index (κ3) is 5.63. The summed E-state index contributed by atoms with van der Waals surface area (Å²) in [5, 5.41) is 5.53. The Morgan fingerprint density at radius 1 is 1.12 bits per heavy atom. The van der Waals surface area contributed by atoms with Crippen molar-refractivity contribution in [1.29, 1.82) is 0 Å². The Morgan fingerprint density at radius 3 is 2.48 bits per heavy atom. The molecule has 2 N–H and O–H groups in total. The molecule has 2 rings (SSSR count). The van der Waals surface area contributed by atoms with Crippen molar-refractivity contribution in [3.63, 3.8) is 0 Å². The van der Waals surface area contributed by atoms with Gasteiger partial charge >= 0.3 is 6.18 Å². The predicted molar refractivity (Wildman–Crippen MR) is 88.3 cm³/mol. The lowest BCUT2D eigenvalue weighted by atomic mass is 9.80. The number of rotatable bonds is 5. The summed E-state index contributed by atoms with van der Waals surface area (Å²) < 4.78 is 38.3. The van der Waals surface area contributed by atoms with E-state index in [9.17, 15) is 22.8 Å². The van der Waals surface area contributed by atoms with Gasteiger partial charge in [-0.05, 0) is 31.4 Å². The van der Waals surface area contributed by atoms with Crippen LogP contribution in [0.15, 0.2) is 24.3 Å². The molecule has 1 aliphatic rings. The van der Waals surface area contributed by atoms with E-state index in [4.69, 9.17) is 11.6 Å². The fourth-order valence-electron chi connectivity index (χ4n) is 2.97. The van der Waals surface area contributed by atoms with Crippen LogP contribution < -0.4 is 10.6 Å². The van der Waals surface area contributed by atoms with Crippen LogP contribution in [-0.2, 0) is 4.79 Å². The van der Waals surface area contributed by atoms with Crippen LogP contribution in [0.4, 0.5) is 13.2 Å². The van der Waals surface area contributed by atoms with Crippen molar-refractivity contribution in [2.75, 3.05) is 13.1 Å². The molecular formula is C17H20ClF3N2O2. The van der Waals surface area contributed by atoms with E-state index in [0.29, 0.717) is 23.4 Å². The Bertz CT molecular complexity index is 622. The first-order valence-corrected chi connectivity index (χ1v) is 8.54. The summed E-state index contributed by atoms with van der Waals surface area (Å²) in [5.74, 6) is -2.79. The van der Waals surface area contributed by atoms with Gasteiger partial charge in [0.05, 0.1) is 16.5 Å². The number of amides is 2. The molecule has 0 aromatic heterocycles. The van der Waals surface area contributed by atoms with Gasteiger partial charge in [0.15, 0.2) is 0 Å². The molecule has 2 amide bonds. The highest BCUT2D eigenvalue weighted by atomic mass is 35.5. The van der Waals surface area contributed by atoms with E-state index in [-0.39, 0.29) is 37.7 Å². The molecule has 1 aliphatic carbocycles. The van der Waals surface area contributed by atoms with Crippen LogP contribution in [0.2, 0.25) is 5.02 Å². The molecule has 1 saturated carbocycles. The summed E-state index contributed by atoms with van der Waals surface area (Å²) in [6, 6.07) is 6.56. The number of hydrogen-bond acceptors (Lipinski definition) is 2. The molecule has 25 heavy (non-hydrogen) atoms. The number of nitrogens with one attached hydrogen (secondary N) is 2. The summed E-state index contributed by atoms with van der Waals surface area (Å²) in [6.07, 6.45) is -3.47. The molecular weight excluding hydrogens is 357 g/mol. The fourth-order valence-corrected chi connectivity index (χ4v) is 3.19. The monoisotopic (exact) mass is 376 g/mol. The lowest BCUT2D eigenvalue weighted by molar-refractivity contribution is -0.186. The first kappa shape index (κ1) is 19.6. The second-order valence-corrected chi connectivity index (χ2v) is 6.54. The zero-order valence-corrected chi connectivity index (χ0v) is 14.3. The van der Waals surface area contributed by atoms with Crippen molar-refractivity contribution in [1.82, 2.24) is 10.6 Å². The second-order valence-electron chi connectivity index (χ2n) is 6.13. The molecule has 0 aliphatic heterocycles. The first-order valence-electron chi connectivity index (χ1n) is 8.16. The summed E-state index contributed by atoms with van der Waals surface area (Å²) >= 11 is 5.91. The molecule has 0 radical (unpaired) electrons. The molecule has 0 heterocycles. The van der Waals surface area contributed by atoms with E-state index < -0.39 is 18.0 Å². The average Bonchev–Trinajstić information content (AvgIpc) is 2.58. The topological polar surface area (TPSA) is 58.2 Å². The molecule has 1 aromatic carbocycles. The lowest BCUT2D eigenvalue weighted by Crippen LogP contribution is -2.40. The van der Waals surface area contributed by atoms with Gasteiger partial charge in [0, 0.05) is 19.0 Å². The number of carbonyl (C=O) groups is 2. The fraction of sp³-hybridized carbons (Fsp3) is 0.529. The SMILES string of the molecule is O=C(NCCNC(=O)C1CCCC(C(F)(F)F)C1)c1ccccc1Cl. The Kier molecular flexibility index (Phi) is 6.70. The van der Waals surface area contributed by atoms with Gasteiger partial charge in [-0.25, -0.2) is 0 Å². The van der Waals surface area contributed by atoms with Gasteiger partial charge < -0.3 is 10.6 Å². The molecule has 2 unspecified atom stereocenters. The third-order valence-corrected chi connectivity index (χ3v) is 4.67. The van der Waals surface area contributed by atoms with Crippen molar-refractivity contribution < 1.29 is 22.8 Å². The molecule has 2 atom stereocenters. The van der Waals surface area contributed by atoms with Crippen molar-refractivity contribution in [2.24, 2.45) is 11.8 Å². The number of hydrogen-bond donors (Lipinski definition) is 2. The van der Waals surface area contributed by atoms with E-state index in [1.807, 2.05) is 0 Å². The summed E-state index contributed by atoms with van der Waals surface area (Å²) in [6.45, 7) is 0.327. The highest BCUT2D eigenvalue weighted by molar-refractivity contribution is 6.33. The van der Waals surface area contributed by atoms with E-state index >= 15 is 0 Å². The zero-order valence-electron chi connectivity index (χ0n) is 13.5. The lowest BCUT2D eigenvalue weighted by Gasteiger charge is -2.29. The van der Waals surface area contributed by atoms with Crippen LogP contribution >= 0.6 is 11.6 Å². The number of halogens is 4. The molecule has 4 nitrogen and oxygen atoms in total. The molecule has 138 valence electrons. The van der Waals surface area contributed by atoms with Crippen molar-refractivity contribution in [2.45, 2.75) is 31.9 Å². The van der Waals surface area contributed by atoms with E-state index in [1.54, 1.807) is 24.3 Å². The van der Waals surface area contributed by atoms with Gasteiger partial charge in [0.2, 0.25) is 5.91 Å². The maximum Gasteiger partial charge on any atom is 0.391 e. The van der Waals surface area contributed by atoms with Crippen LogP contribution in [0, 0.1) is 11.8 Å². The average molecular weight is 377 g/mol. The number of carbonyl (C=O) groups excluding carboxylic acids is 2. The van der Waals surface area contributed by atoms with Crippen LogP contribution in [0.3, 0.4) is 0 Å². The van der Waals surface area contributed by atoms with Gasteiger partial charge in [0.25, 0.3) is 5.91 Å². The maximum absolute atomic E-state index is 12.8. The minimum Gasteiger partial charge on any atom is -0.354 e. The predicted octanol–water partition coefficient (Wildman–Crippen LogP) is 3.55. The standard InChI is InChI=1S/C17H20ClF3N2O2/c18-14-7-2-1-6-13(14)16(25)23-9-8-22-15(24)11-4-3-5-12(10-11)17(19,20)21/h1-2,6-7,11-12H,3-5,8-10H2,(H,22,24)(H,23,25). The second kappa shape index (κ2) is 8.56. The van der Waals surface area contributed by atoms with Crippen LogP contribution in [0.1, 0.15) is 36.0 Å². The normalized spacial score (nSPS) is 20.8. The molecule has 1 aromatic rings. The first-order chi connectivity index (χ1) is 11.8. The van der Waals surface area contributed by atoms with Crippen LogP contribution in [0.5, 0.6) is 0 Å². The molecule has 0 saturated heterocycles. The Labute approximate surface area is 149 Å². The zero-order chi connectivity index (χ0) is 18.4. The minimum atomic E-state index is -4.25. The number of alkyl halides is 3. The van der Waals surface area contributed by atoms with E-state index in [2.05, 4.69) is 10.6 Å². The third-order valence-electron chi connectivity index (χ3n) is 4.34. The van der Waals surface area contributed by atoms with Crippen molar-refractivity contribution in [3.05, 3.63) is 34.9 Å². The van der Waals surface area contributed by atoms with Gasteiger partial charge in [-0.2, -0.15) is 13.2 Å². The van der Waals surface area contributed by atoms with E-state index in [0.717, 1.165) is 0 Å². The Balaban J connectivity index is 1.73. The minimum absolute atomic E-state index is 0.0845. The van der Waals surface area contributed by atoms with Gasteiger partial charge in [0.1, 0.15) is 0 Å². The number of benzene rings is 1. The molecule has 0 bridgehead atoms. The highest BCUT2D eigenvalue weighted by Crippen LogP contribution is 2.39. The summed E-state index contributed by atoms with van der Waals surface area (Å²) in [5.41, 5.74) is 0.329.